The number of nitrogens with two attached hydrogens (primary N) is 1. The fourth-order valence-electron chi connectivity index (χ4n) is 3.08. The zero-order valence-corrected chi connectivity index (χ0v) is 13.4. The minimum absolute atomic E-state index is 0.0975. The van der Waals surface area contributed by atoms with Crippen molar-refractivity contribution in [1.29, 1.82) is 0 Å². The second-order valence-electron chi connectivity index (χ2n) is 7.27. The molecule has 2 aliphatic rings. The van der Waals surface area contributed by atoms with Crippen molar-refractivity contribution in [3.63, 3.8) is 0 Å². The van der Waals surface area contributed by atoms with Gasteiger partial charge in [-0.25, -0.2) is 9.18 Å². The van der Waals surface area contributed by atoms with Gasteiger partial charge in [0.2, 0.25) is 0 Å². The molecule has 0 aliphatic carbocycles. The molecular weight excluding hydrogens is 273 g/mol. The van der Waals surface area contributed by atoms with E-state index in [0.29, 0.717) is 32.1 Å². The van der Waals surface area contributed by atoms with Gasteiger partial charge in [-0.15, -0.1) is 0 Å². The molecule has 0 saturated carbocycles. The zero-order valence-electron chi connectivity index (χ0n) is 13.4. The lowest BCUT2D eigenvalue weighted by Gasteiger charge is -2.37. The van der Waals surface area contributed by atoms with Gasteiger partial charge < -0.3 is 15.4 Å². The molecule has 2 fully saturated rings. The van der Waals surface area contributed by atoms with E-state index in [9.17, 15) is 9.18 Å². The molecule has 0 spiro atoms. The summed E-state index contributed by atoms with van der Waals surface area (Å²) in [5.41, 5.74) is 3.83. The molecule has 21 heavy (non-hydrogen) atoms. The monoisotopic (exact) mass is 301 g/mol. The predicted octanol–water partition coefficient (Wildman–Crippen LogP) is 1.76. The van der Waals surface area contributed by atoms with Crippen molar-refractivity contribution < 1.29 is 13.9 Å². The second kappa shape index (κ2) is 6.08. The molecule has 0 aromatic heterocycles. The number of alkyl halides is 1. The average Bonchev–Trinajstić information content (AvgIpc) is 2.80. The minimum Gasteiger partial charge on any atom is -0.444 e. The summed E-state index contributed by atoms with van der Waals surface area (Å²) in [7, 11) is 0. The zero-order chi connectivity index (χ0) is 15.7. The lowest BCUT2D eigenvalue weighted by Crippen LogP contribution is -2.48. The van der Waals surface area contributed by atoms with Gasteiger partial charge in [0.1, 0.15) is 11.3 Å². The van der Waals surface area contributed by atoms with E-state index in [1.165, 1.54) is 0 Å². The standard InChI is InChI=1S/C15H28FN3O2/c1-14(2,3)21-13(20)18-7-4-12(5-8-18)19-9-6-15(16,10-17)11-19/h12H,4-11,17H2,1-3H3. The third-order valence-corrected chi connectivity index (χ3v) is 4.33. The van der Waals surface area contributed by atoms with Gasteiger partial charge in [0.15, 0.2) is 0 Å². The highest BCUT2D eigenvalue weighted by Crippen LogP contribution is 2.29. The molecule has 0 aromatic carbocycles. The van der Waals surface area contributed by atoms with E-state index in [4.69, 9.17) is 10.5 Å². The topological polar surface area (TPSA) is 58.8 Å². The number of nitrogens with zero attached hydrogens (tertiary/aromatic N) is 2. The average molecular weight is 301 g/mol. The Labute approximate surface area is 126 Å². The number of ether oxygens (including phenoxy) is 1. The van der Waals surface area contributed by atoms with Crippen LogP contribution in [0.25, 0.3) is 0 Å². The first-order valence-electron chi connectivity index (χ1n) is 7.83. The molecule has 2 N–H and O–H groups in total. The quantitative estimate of drug-likeness (QED) is 0.844. The Balaban J connectivity index is 1.80. The van der Waals surface area contributed by atoms with Crippen LogP contribution in [0.3, 0.4) is 0 Å². The van der Waals surface area contributed by atoms with E-state index < -0.39 is 11.3 Å². The van der Waals surface area contributed by atoms with Crippen LogP contribution in [-0.4, -0.2) is 65.9 Å². The van der Waals surface area contributed by atoms with Crippen molar-refractivity contribution in [2.75, 3.05) is 32.7 Å². The lowest BCUT2D eigenvalue weighted by molar-refractivity contribution is 0.0146. The van der Waals surface area contributed by atoms with Crippen molar-refractivity contribution in [1.82, 2.24) is 9.80 Å². The Bertz CT molecular complexity index is 378. The first-order valence-corrected chi connectivity index (χ1v) is 7.83. The fraction of sp³-hybridized carbons (Fsp3) is 0.933. The number of halogens is 1. The van der Waals surface area contributed by atoms with Gasteiger partial charge in [-0.3, -0.25) is 4.90 Å². The largest absolute Gasteiger partial charge is 0.444 e. The molecule has 0 bridgehead atoms. The number of piperidine rings is 1. The number of hydrogen-bond acceptors (Lipinski definition) is 4. The molecule has 122 valence electrons. The van der Waals surface area contributed by atoms with Gasteiger partial charge in [-0.05, 0) is 40.0 Å². The highest BCUT2D eigenvalue weighted by molar-refractivity contribution is 5.68. The first kappa shape index (κ1) is 16.5. The molecule has 1 unspecified atom stereocenters. The highest BCUT2D eigenvalue weighted by Gasteiger charge is 2.40. The number of hydrogen-bond donors (Lipinski definition) is 1. The summed E-state index contributed by atoms with van der Waals surface area (Å²) < 4.78 is 19.6. The third kappa shape index (κ3) is 4.30. The van der Waals surface area contributed by atoms with E-state index in [0.717, 1.165) is 19.4 Å². The van der Waals surface area contributed by atoms with Crippen molar-refractivity contribution >= 4 is 6.09 Å². The number of likely N-dealkylation sites (tertiary alicyclic amines) is 2. The smallest absolute Gasteiger partial charge is 0.410 e. The number of carbonyl (C=O) groups excluding carboxylic acids is 1. The van der Waals surface area contributed by atoms with Crippen LogP contribution in [0.4, 0.5) is 9.18 Å². The molecule has 5 nitrogen and oxygen atoms in total. The second-order valence-corrected chi connectivity index (χ2v) is 7.27. The van der Waals surface area contributed by atoms with E-state index >= 15 is 0 Å². The molecule has 1 atom stereocenters. The summed E-state index contributed by atoms with van der Waals surface area (Å²) in [6, 6.07) is 0.355. The van der Waals surface area contributed by atoms with Gasteiger partial charge in [0.25, 0.3) is 0 Å². The van der Waals surface area contributed by atoms with Crippen LogP contribution in [0.5, 0.6) is 0 Å². The van der Waals surface area contributed by atoms with E-state index in [1.54, 1.807) is 4.90 Å². The summed E-state index contributed by atoms with van der Waals surface area (Å²) in [5.74, 6) is 0. The molecule has 1 amide bonds. The van der Waals surface area contributed by atoms with Crippen LogP contribution >= 0.6 is 0 Å². The Morgan fingerprint density at radius 1 is 1.33 bits per heavy atom. The van der Waals surface area contributed by atoms with Crippen molar-refractivity contribution in [3.05, 3.63) is 0 Å². The normalized spacial score (nSPS) is 28.9. The Morgan fingerprint density at radius 3 is 2.43 bits per heavy atom. The molecular formula is C15H28FN3O2. The maximum absolute atomic E-state index is 14.2. The van der Waals surface area contributed by atoms with Crippen LogP contribution in [0.15, 0.2) is 0 Å². The predicted molar refractivity (Wildman–Crippen MR) is 79.9 cm³/mol. The van der Waals surface area contributed by atoms with Gasteiger partial charge in [-0.2, -0.15) is 0 Å². The van der Waals surface area contributed by atoms with Gasteiger partial charge in [-0.1, -0.05) is 0 Å². The lowest BCUT2D eigenvalue weighted by atomic mass is 10.0. The Hall–Kier alpha value is -0.880. The maximum Gasteiger partial charge on any atom is 0.410 e. The minimum atomic E-state index is -1.22. The summed E-state index contributed by atoms with van der Waals surface area (Å²) >= 11 is 0. The molecule has 2 rings (SSSR count). The number of amides is 1. The Kier molecular flexibility index (Phi) is 4.78. The molecule has 2 heterocycles. The third-order valence-electron chi connectivity index (χ3n) is 4.33. The van der Waals surface area contributed by atoms with Crippen LogP contribution in [0.2, 0.25) is 0 Å². The maximum atomic E-state index is 14.2. The molecule has 0 aromatic rings. The molecule has 6 heteroatoms. The van der Waals surface area contributed by atoms with Gasteiger partial charge in [0.05, 0.1) is 0 Å². The molecule has 2 aliphatic heterocycles. The van der Waals surface area contributed by atoms with Crippen molar-refractivity contribution in [2.45, 2.75) is 57.3 Å². The Morgan fingerprint density at radius 2 is 1.95 bits per heavy atom. The summed E-state index contributed by atoms with van der Waals surface area (Å²) in [6.07, 6.45) is 2.03. The van der Waals surface area contributed by atoms with E-state index in [2.05, 4.69) is 4.90 Å². The first-order chi connectivity index (χ1) is 9.72. The molecule has 0 radical (unpaired) electrons. The summed E-state index contributed by atoms with van der Waals surface area (Å²) in [5, 5.41) is 0. The fourth-order valence-corrected chi connectivity index (χ4v) is 3.08. The van der Waals surface area contributed by atoms with Gasteiger partial charge >= 0.3 is 6.09 Å². The van der Waals surface area contributed by atoms with Crippen molar-refractivity contribution in [2.24, 2.45) is 5.73 Å². The van der Waals surface area contributed by atoms with Crippen molar-refractivity contribution in [3.8, 4) is 0 Å². The summed E-state index contributed by atoms with van der Waals surface area (Å²) in [4.78, 5) is 16.0. The van der Waals surface area contributed by atoms with Crippen LogP contribution in [-0.2, 0) is 4.74 Å². The highest BCUT2D eigenvalue weighted by atomic mass is 19.1. The van der Waals surface area contributed by atoms with Crippen LogP contribution < -0.4 is 5.73 Å². The van der Waals surface area contributed by atoms with Crippen LogP contribution in [0.1, 0.15) is 40.0 Å². The van der Waals surface area contributed by atoms with Crippen LogP contribution in [0, 0.1) is 0 Å². The van der Waals surface area contributed by atoms with E-state index in [-0.39, 0.29) is 12.6 Å². The van der Waals surface area contributed by atoms with E-state index in [1.807, 2.05) is 20.8 Å². The SMILES string of the molecule is CC(C)(C)OC(=O)N1CCC(N2CCC(F)(CN)C2)CC1. The number of carbonyl (C=O) groups is 1. The van der Waals surface area contributed by atoms with Gasteiger partial charge in [0, 0.05) is 38.8 Å². The molecule has 2 saturated heterocycles. The number of rotatable bonds is 2. The summed E-state index contributed by atoms with van der Waals surface area (Å²) in [6.45, 7) is 8.27.